The molecule has 0 spiro atoms. The van der Waals surface area contributed by atoms with Crippen molar-refractivity contribution in [1.29, 1.82) is 0 Å². The number of nitrogens with one attached hydrogen (secondary N) is 1. The van der Waals surface area contributed by atoms with Crippen LogP contribution in [-0.2, 0) is 23.3 Å². The summed E-state index contributed by atoms with van der Waals surface area (Å²) in [6, 6.07) is 0.118. The van der Waals surface area contributed by atoms with Gasteiger partial charge in [-0.05, 0) is 32.6 Å². The molecule has 3 aliphatic heterocycles. The Kier molecular flexibility index (Phi) is 6.23. The minimum Gasteiger partial charge on any atom is -0.312 e. The molecule has 148 valence electrons. The summed E-state index contributed by atoms with van der Waals surface area (Å²) in [6.07, 6.45) is 4.72. The van der Waals surface area contributed by atoms with Gasteiger partial charge in [0.2, 0.25) is 0 Å². The van der Waals surface area contributed by atoms with E-state index in [4.69, 9.17) is 0 Å². The molecule has 8 nitrogen and oxygen atoms in total. The molecule has 1 N–H and O–H groups in total. The van der Waals surface area contributed by atoms with Crippen LogP contribution in [0.4, 0.5) is 0 Å². The molecule has 2 fully saturated rings. The van der Waals surface area contributed by atoms with Crippen LogP contribution in [0.1, 0.15) is 56.6 Å². The van der Waals surface area contributed by atoms with Crippen LogP contribution in [0.5, 0.6) is 0 Å². The van der Waals surface area contributed by atoms with Crippen molar-refractivity contribution in [3.8, 4) is 0 Å². The van der Waals surface area contributed by atoms with Gasteiger partial charge in [-0.15, -0.1) is 22.6 Å². The predicted octanol–water partition coefficient (Wildman–Crippen LogP) is 1.10. The van der Waals surface area contributed by atoms with E-state index in [-0.39, 0.29) is 18.4 Å². The Morgan fingerprint density at radius 1 is 1.04 bits per heavy atom. The number of halogens is 1. The van der Waals surface area contributed by atoms with Crippen molar-refractivity contribution in [2.24, 2.45) is 0 Å². The minimum absolute atomic E-state index is 0. The third kappa shape index (κ3) is 3.64. The maximum absolute atomic E-state index is 13.0. The highest BCUT2D eigenvalue weighted by Crippen LogP contribution is 2.31. The van der Waals surface area contributed by atoms with Crippen LogP contribution in [0.15, 0.2) is 0 Å². The molecule has 0 aromatic carbocycles. The molecule has 0 bridgehead atoms. The van der Waals surface area contributed by atoms with Crippen molar-refractivity contribution in [2.45, 2.75) is 64.1 Å². The standard InChI is InChI=1S/C16H28N6O2S.ClH/c1-13-4-2-3-8-22(13)25(23,24)20-9-5-14(6-10-20)16-19-18-15-12-17-7-11-21(15)16;/h13-14,17H,2-12H2,1H3;1H. The fourth-order valence-electron chi connectivity index (χ4n) is 4.32. The van der Waals surface area contributed by atoms with E-state index in [0.29, 0.717) is 25.6 Å². The van der Waals surface area contributed by atoms with Gasteiger partial charge in [0.1, 0.15) is 11.6 Å². The van der Waals surface area contributed by atoms with E-state index in [0.717, 1.165) is 63.4 Å². The average Bonchev–Trinajstić information content (AvgIpc) is 3.06. The van der Waals surface area contributed by atoms with Crippen LogP contribution in [0.3, 0.4) is 0 Å². The summed E-state index contributed by atoms with van der Waals surface area (Å²) in [5.74, 6) is 2.35. The monoisotopic (exact) mass is 404 g/mol. The summed E-state index contributed by atoms with van der Waals surface area (Å²) in [6.45, 7) is 6.47. The molecule has 0 saturated carbocycles. The second-order valence-corrected chi connectivity index (χ2v) is 9.32. The van der Waals surface area contributed by atoms with E-state index in [1.165, 1.54) is 0 Å². The van der Waals surface area contributed by atoms with Gasteiger partial charge in [-0.1, -0.05) is 6.42 Å². The molecule has 26 heavy (non-hydrogen) atoms. The summed E-state index contributed by atoms with van der Waals surface area (Å²) >= 11 is 0. The fourth-order valence-corrected chi connectivity index (χ4v) is 6.21. The largest absolute Gasteiger partial charge is 0.312 e. The molecular formula is C16H29ClN6O2S. The van der Waals surface area contributed by atoms with E-state index in [2.05, 4.69) is 20.1 Å². The van der Waals surface area contributed by atoms with Gasteiger partial charge in [-0.25, -0.2) is 0 Å². The summed E-state index contributed by atoms with van der Waals surface area (Å²) in [7, 11) is -3.33. The third-order valence-corrected chi connectivity index (χ3v) is 7.99. The van der Waals surface area contributed by atoms with Gasteiger partial charge in [0.05, 0.1) is 6.54 Å². The van der Waals surface area contributed by atoms with E-state index in [1.54, 1.807) is 8.61 Å². The Labute approximate surface area is 161 Å². The van der Waals surface area contributed by atoms with Crippen LogP contribution in [0.2, 0.25) is 0 Å². The summed E-state index contributed by atoms with van der Waals surface area (Å²) in [4.78, 5) is 0. The average molecular weight is 405 g/mol. The SMILES string of the molecule is CC1CCCCN1S(=O)(=O)N1CCC(c2nnc3n2CCNC3)CC1.Cl. The highest BCUT2D eigenvalue weighted by Gasteiger charge is 2.37. The summed E-state index contributed by atoms with van der Waals surface area (Å²) in [5, 5.41) is 12.0. The zero-order valence-corrected chi connectivity index (χ0v) is 16.9. The maximum atomic E-state index is 13.0. The summed E-state index contributed by atoms with van der Waals surface area (Å²) in [5.41, 5.74) is 0. The molecule has 0 aliphatic carbocycles. The van der Waals surface area contributed by atoms with Gasteiger partial charge in [0.25, 0.3) is 10.2 Å². The second kappa shape index (κ2) is 8.10. The highest BCUT2D eigenvalue weighted by molar-refractivity contribution is 7.86. The first-order chi connectivity index (χ1) is 12.1. The number of hydrogen-bond donors (Lipinski definition) is 1. The van der Waals surface area contributed by atoms with Crippen LogP contribution in [0.25, 0.3) is 0 Å². The maximum Gasteiger partial charge on any atom is 0.282 e. The zero-order chi connectivity index (χ0) is 17.4. The van der Waals surface area contributed by atoms with Crippen molar-refractivity contribution in [2.75, 3.05) is 26.2 Å². The van der Waals surface area contributed by atoms with E-state index in [9.17, 15) is 8.42 Å². The number of rotatable bonds is 3. The Morgan fingerprint density at radius 2 is 1.81 bits per heavy atom. The molecule has 0 amide bonds. The van der Waals surface area contributed by atoms with Gasteiger partial charge in [-0.3, -0.25) is 0 Å². The minimum atomic E-state index is -3.33. The van der Waals surface area contributed by atoms with Crippen molar-refractivity contribution in [3.05, 3.63) is 11.6 Å². The molecule has 10 heteroatoms. The van der Waals surface area contributed by atoms with Gasteiger partial charge in [0.15, 0.2) is 0 Å². The van der Waals surface area contributed by atoms with Gasteiger partial charge in [-0.2, -0.15) is 17.0 Å². The Balaban J connectivity index is 0.00000196. The zero-order valence-electron chi connectivity index (χ0n) is 15.3. The Bertz CT molecular complexity index is 716. The molecule has 1 aromatic rings. The normalized spacial score (nSPS) is 26.3. The Hall–Kier alpha value is -0.740. The van der Waals surface area contributed by atoms with Crippen molar-refractivity contribution in [3.63, 3.8) is 0 Å². The lowest BCUT2D eigenvalue weighted by Crippen LogP contribution is -2.51. The van der Waals surface area contributed by atoms with Crippen molar-refractivity contribution in [1.82, 2.24) is 28.7 Å². The Morgan fingerprint density at radius 3 is 2.54 bits per heavy atom. The third-order valence-electron chi connectivity index (χ3n) is 5.84. The van der Waals surface area contributed by atoms with E-state index in [1.807, 2.05) is 6.92 Å². The van der Waals surface area contributed by atoms with E-state index >= 15 is 0 Å². The first-order valence-corrected chi connectivity index (χ1v) is 10.9. The highest BCUT2D eigenvalue weighted by atomic mass is 35.5. The molecule has 1 unspecified atom stereocenters. The first kappa shape index (κ1) is 20.0. The van der Waals surface area contributed by atoms with Gasteiger partial charge in [0, 0.05) is 44.7 Å². The number of aromatic nitrogens is 3. The van der Waals surface area contributed by atoms with Crippen molar-refractivity contribution >= 4 is 22.6 Å². The lowest BCUT2D eigenvalue weighted by molar-refractivity contribution is 0.228. The number of piperidine rings is 2. The van der Waals surface area contributed by atoms with Crippen LogP contribution in [-0.4, -0.2) is 64.0 Å². The van der Waals surface area contributed by atoms with E-state index < -0.39 is 10.2 Å². The van der Waals surface area contributed by atoms with Crippen LogP contribution < -0.4 is 5.32 Å². The van der Waals surface area contributed by atoms with Gasteiger partial charge < -0.3 is 9.88 Å². The lowest BCUT2D eigenvalue weighted by atomic mass is 9.97. The first-order valence-electron chi connectivity index (χ1n) is 9.47. The molecule has 1 atom stereocenters. The van der Waals surface area contributed by atoms with Crippen LogP contribution in [0, 0.1) is 0 Å². The number of hydrogen-bond acceptors (Lipinski definition) is 5. The topological polar surface area (TPSA) is 83.4 Å². The van der Waals surface area contributed by atoms with Crippen molar-refractivity contribution < 1.29 is 8.42 Å². The molecule has 2 saturated heterocycles. The number of fused-ring (bicyclic) bond motifs is 1. The molecule has 3 aliphatic rings. The van der Waals surface area contributed by atoms with Crippen LogP contribution >= 0.6 is 12.4 Å². The second-order valence-electron chi connectivity index (χ2n) is 7.44. The quantitative estimate of drug-likeness (QED) is 0.815. The molecular weight excluding hydrogens is 376 g/mol. The summed E-state index contributed by atoms with van der Waals surface area (Å²) < 4.78 is 31.6. The van der Waals surface area contributed by atoms with Gasteiger partial charge >= 0.3 is 0 Å². The lowest BCUT2D eigenvalue weighted by Gasteiger charge is -2.39. The fraction of sp³-hybridized carbons (Fsp3) is 0.875. The molecule has 1 aromatic heterocycles. The molecule has 4 heterocycles. The number of nitrogens with zero attached hydrogens (tertiary/aromatic N) is 5. The molecule has 4 rings (SSSR count). The smallest absolute Gasteiger partial charge is 0.282 e. The predicted molar refractivity (Wildman–Crippen MR) is 101 cm³/mol. The molecule has 0 radical (unpaired) electrons.